The molecule has 0 amide bonds. The first kappa shape index (κ1) is 11.5. The van der Waals surface area contributed by atoms with Crippen LogP contribution in [0.2, 0.25) is 0 Å². The normalized spacial score (nSPS) is 15.2. The van der Waals surface area contributed by atoms with Gasteiger partial charge < -0.3 is 15.9 Å². The summed E-state index contributed by atoms with van der Waals surface area (Å²) in [6.45, 7) is 3.39. The molecule has 1 aromatic carbocycles. The molecule has 0 aliphatic carbocycles. The van der Waals surface area contributed by atoms with Gasteiger partial charge in [0.15, 0.2) is 0 Å². The van der Waals surface area contributed by atoms with Crippen molar-refractivity contribution in [3.05, 3.63) is 27.7 Å². The van der Waals surface area contributed by atoms with Gasteiger partial charge in [0.2, 0.25) is 0 Å². The van der Waals surface area contributed by atoms with Crippen LogP contribution in [0.3, 0.4) is 0 Å². The van der Waals surface area contributed by atoms with E-state index in [9.17, 15) is 10.2 Å². The van der Waals surface area contributed by atoms with E-state index < -0.39 is 12.1 Å². The molecule has 0 saturated heterocycles. The van der Waals surface area contributed by atoms with E-state index >= 15 is 0 Å². The topological polar surface area (TPSA) is 66.5 Å². The predicted molar refractivity (Wildman–Crippen MR) is 59.2 cm³/mol. The molecule has 0 radical (unpaired) electrons. The van der Waals surface area contributed by atoms with Crippen LogP contribution in [0.25, 0.3) is 0 Å². The third-order valence-corrected chi connectivity index (χ3v) is 2.91. The number of phenolic OH excluding ortho intramolecular Hbond substituents is 1. The molecule has 0 heterocycles. The molecule has 1 unspecified atom stereocenters. The van der Waals surface area contributed by atoms with Gasteiger partial charge in [-0.1, -0.05) is 22.0 Å². The summed E-state index contributed by atoms with van der Waals surface area (Å²) in [4.78, 5) is 0. The Hall–Kier alpha value is -0.580. The van der Waals surface area contributed by atoms with Crippen LogP contribution in [0, 0.1) is 6.92 Å². The maximum Gasteiger partial charge on any atom is 0.124 e. The fourth-order valence-corrected chi connectivity index (χ4v) is 1.83. The van der Waals surface area contributed by atoms with Crippen molar-refractivity contribution in [1.29, 1.82) is 0 Å². The zero-order valence-electron chi connectivity index (χ0n) is 8.16. The van der Waals surface area contributed by atoms with E-state index in [1.54, 1.807) is 19.9 Å². The number of hydrogen-bond donors (Lipinski definition) is 3. The van der Waals surface area contributed by atoms with Gasteiger partial charge in [0.1, 0.15) is 5.75 Å². The second kappa shape index (κ2) is 4.29. The van der Waals surface area contributed by atoms with E-state index in [-0.39, 0.29) is 5.75 Å². The molecule has 1 aromatic rings. The first-order valence-corrected chi connectivity index (χ1v) is 5.16. The van der Waals surface area contributed by atoms with E-state index in [0.717, 1.165) is 5.56 Å². The van der Waals surface area contributed by atoms with E-state index in [4.69, 9.17) is 5.73 Å². The highest BCUT2D eigenvalue weighted by Crippen LogP contribution is 2.34. The van der Waals surface area contributed by atoms with E-state index in [1.807, 2.05) is 6.07 Å². The number of aromatic hydroxyl groups is 1. The summed E-state index contributed by atoms with van der Waals surface area (Å²) in [7, 11) is 0. The number of nitrogens with two attached hydrogens (primary N) is 1. The van der Waals surface area contributed by atoms with Gasteiger partial charge in [-0.05, 0) is 25.5 Å². The Balaban J connectivity index is 3.25. The second-order valence-electron chi connectivity index (χ2n) is 3.39. The lowest BCUT2D eigenvalue weighted by atomic mass is 10.00. The van der Waals surface area contributed by atoms with Gasteiger partial charge in [-0.25, -0.2) is 0 Å². The van der Waals surface area contributed by atoms with Crippen molar-refractivity contribution in [3.63, 3.8) is 0 Å². The fourth-order valence-electron chi connectivity index (χ4n) is 1.25. The number of halogens is 1. The highest BCUT2D eigenvalue weighted by molar-refractivity contribution is 9.10. The number of aryl methyl sites for hydroxylation is 1. The zero-order valence-corrected chi connectivity index (χ0v) is 9.75. The van der Waals surface area contributed by atoms with Crippen molar-refractivity contribution in [2.75, 3.05) is 0 Å². The van der Waals surface area contributed by atoms with Crippen molar-refractivity contribution in [2.24, 2.45) is 5.73 Å². The Labute approximate surface area is 91.7 Å². The molecule has 1 rings (SSSR count). The third kappa shape index (κ3) is 2.08. The highest BCUT2D eigenvalue weighted by atomic mass is 79.9. The van der Waals surface area contributed by atoms with Crippen LogP contribution in [-0.4, -0.2) is 16.3 Å². The van der Waals surface area contributed by atoms with Crippen molar-refractivity contribution in [3.8, 4) is 5.75 Å². The van der Waals surface area contributed by atoms with Gasteiger partial charge in [0.05, 0.1) is 12.1 Å². The van der Waals surface area contributed by atoms with Crippen molar-refractivity contribution < 1.29 is 10.2 Å². The quantitative estimate of drug-likeness (QED) is 0.760. The minimum atomic E-state index is -0.695. The molecule has 0 fully saturated rings. The maximum absolute atomic E-state index is 9.78. The van der Waals surface area contributed by atoms with Gasteiger partial charge in [0.25, 0.3) is 0 Å². The summed E-state index contributed by atoms with van der Waals surface area (Å²) in [6, 6.07) is 3.02. The number of hydrogen-bond acceptors (Lipinski definition) is 3. The zero-order chi connectivity index (χ0) is 10.9. The van der Waals surface area contributed by atoms with E-state index in [1.165, 1.54) is 0 Å². The summed E-state index contributed by atoms with van der Waals surface area (Å²) in [5.74, 6) is 0.146. The summed E-state index contributed by atoms with van der Waals surface area (Å²) in [5.41, 5.74) is 7.07. The molecule has 0 aromatic heterocycles. The predicted octanol–water partition coefficient (Wildman–Crippen LogP) is 1.84. The molecule has 0 aliphatic rings. The van der Waals surface area contributed by atoms with E-state index in [2.05, 4.69) is 15.9 Å². The molecule has 2 atom stereocenters. The molecule has 0 aliphatic heterocycles. The van der Waals surface area contributed by atoms with Gasteiger partial charge in [-0.2, -0.15) is 0 Å². The number of rotatable bonds is 2. The minimum Gasteiger partial charge on any atom is -0.507 e. The summed E-state index contributed by atoms with van der Waals surface area (Å²) in [6.07, 6.45) is -0.695. The molecule has 0 bridgehead atoms. The van der Waals surface area contributed by atoms with Gasteiger partial charge in [-0.3, -0.25) is 0 Å². The molecule has 0 spiro atoms. The summed E-state index contributed by atoms with van der Waals surface area (Å²) >= 11 is 3.30. The standard InChI is InChI=1S/C10H14BrNO2/c1-5-3-4-7(11)8(10(5)14)9(12)6(2)13/h3-4,6,9,13-14H,12H2,1-2H3/t6?,9-/m0/s1. The van der Waals surface area contributed by atoms with Gasteiger partial charge in [0, 0.05) is 10.0 Å². The average molecular weight is 260 g/mol. The van der Waals surface area contributed by atoms with E-state index in [0.29, 0.717) is 10.0 Å². The van der Waals surface area contributed by atoms with Crippen molar-refractivity contribution in [2.45, 2.75) is 26.0 Å². The molecule has 4 heteroatoms. The van der Waals surface area contributed by atoms with Crippen LogP contribution < -0.4 is 5.73 Å². The van der Waals surface area contributed by atoms with Gasteiger partial charge >= 0.3 is 0 Å². The molecule has 4 N–H and O–H groups in total. The molecular formula is C10H14BrNO2. The maximum atomic E-state index is 9.78. The summed E-state index contributed by atoms with van der Waals surface area (Å²) < 4.78 is 0.717. The molecule has 78 valence electrons. The Morgan fingerprint density at radius 2 is 2.00 bits per heavy atom. The van der Waals surface area contributed by atoms with Crippen LogP contribution in [0.15, 0.2) is 16.6 Å². The van der Waals surface area contributed by atoms with Crippen LogP contribution in [0.5, 0.6) is 5.75 Å². The Kier molecular flexibility index (Phi) is 3.53. The summed E-state index contributed by atoms with van der Waals surface area (Å²) in [5, 5.41) is 19.1. The Morgan fingerprint density at radius 1 is 1.43 bits per heavy atom. The first-order chi connectivity index (χ1) is 6.45. The van der Waals surface area contributed by atoms with Crippen LogP contribution in [-0.2, 0) is 0 Å². The largest absolute Gasteiger partial charge is 0.507 e. The third-order valence-electron chi connectivity index (χ3n) is 2.22. The molecular weight excluding hydrogens is 246 g/mol. The Morgan fingerprint density at radius 3 is 2.50 bits per heavy atom. The van der Waals surface area contributed by atoms with Crippen molar-refractivity contribution >= 4 is 15.9 Å². The molecule has 14 heavy (non-hydrogen) atoms. The number of phenols is 1. The number of benzene rings is 1. The van der Waals surface area contributed by atoms with Crippen LogP contribution in [0.4, 0.5) is 0 Å². The monoisotopic (exact) mass is 259 g/mol. The molecule has 0 saturated carbocycles. The second-order valence-corrected chi connectivity index (χ2v) is 4.25. The van der Waals surface area contributed by atoms with Crippen molar-refractivity contribution in [1.82, 2.24) is 0 Å². The molecule has 3 nitrogen and oxygen atoms in total. The van der Waals surface area contributed by atoms with Crippen LogP contribution >= 0.6 is 15.9 Å². The lowest BCUT2D eigenvalue weighted by Gasteiger charge is -2.19. The SMILES string of the molecule is Cc1ccc(Br)c([C@@H](N)C(C)O)c1O. The minimum absolute atomic E-state index is 0.146. The number of aliphatic hydroxyl groups excluding tert-OH is 1. The van der Waals surface area contributed by atoms with Crippen LogP contribution in [0.1, 0.15) is 24.1 Å². The lowest BCUT2D eigenvalue weighted by Crippen LogP contribution is -2.23. The lowest BCUT2D eigenvalue weighted by molar-refractivity contribution is 0.162. The van der Waals surface area contributed by atoms with Gasteiger partial charge in [-0.15, -0.1) is 0 Å². The highest BCUT2D eigenvalue weighted by Gasteiger charge is 2.19. The first-order valence-electron chi connectivity index (χ1n) is 4.36. The Bertz CT molecular complexity index is 339. The smallest absolute Gasteiger partial charge is 0.124 e. The number of aliphatic hydroxyl groups is 1. The fraction of sp³-hybridized carbons (Fsp3) is 0.400. The average Bonchev–Trinajstić information content (AvgIpc) is 2.12.